The molecule has 0 aliphatic carbocycles. The Morgan fingerprint density at radius 1 is 0.963 bits per heavy atom. The van der Waals surface area contributed by atoms with Crippen LogP contribution >= 0.6 is 0 Å². The van der Waals surface area contributed by atoms with E-state index in [2.05, 4.69) is 10.6 Å². The highest BCUT2D eigenvalue weighted by Gasteiger charge is 2.11. The predicted molar refractivity (Wildman–Crippen MR) is 108 cm³/mol. The largest absolute Gasteiger partial charge is 0.494 e. The summed E-state index contributed by atoms with van der Waals surface area (Å²) in [6.07, 6.45) is 1.62. The van der Waals surface area contributed by atoms with E-state index in [1.807, 2.05) is 69.3 Å². The van der Waals surface area contributed by atoms with E-state index in [-0.39, 0.29) is 17.9 Å². The van der Waals surface area contributed by atoms with Gasteiger partial charge in [0.2, 0.25) is 11.8 Å². The van der Waals surface area contributed by atoms with E-state index in [4.69, 9.17) is 4.74 Å². The van der Waals surface area contributed by atoms with Crippen LogP contribution in [-0.4, -0.2) is 18.4 Å². The molecule has 0 fully saturated rings. The maximum atomic E-state index is 12.3. The van der Waals surface area contributed by atoms with Crippen molar-refractivity contribution in [2.45, 2.75) is 46.1 Å². The fraction of sp³-hybridized carbons (Fsp3) is 0.364. The van der Waals surface area contributed by atoms with Crippen LogP contribution in [0.25, 0.3) is 0 Å². The van der Waals surface area contributed by atoms with Crippen LogP contribution in [0.1, 0.15) is 50.8 Å². The molecule has 144 valence electrons. The van der Waals surface area contributed by atoms with Gasteiger partial charge in [0.25, 0.3) is 0 Å². The average molecular weight is 368 g/mol. The number of rotatable bonds is 9. The smallest absolute Gasteiger partial charge is 0.224 e. The van der Waals surface area contributed by atoms with Crippen molar-refractivity contribution in [1.29, 1.82) is 0 Å². The molecule has 2 amide bonds. The molecule has 2 aromatic carbocycles. The fourth-order valence-electron chi connectivity index (χ4n) is 2.74. The molecule has 1 atom stereocenters. The number of hydrogen-bond donors (Lipinski definition) is 2. The van der Waals surface area contributed by atoms with Gasteiger partial charge in [-0.1, -0.05) is 31.2 Å². The molecule has 0 bridgehead atoms. The van der Waals surface area contributed by atoms with Gasteiger partial charge >= 0.3 is 0 Å². The van der Waals surface area contributed by atoms with E-state index >= 15 is 0 Å². The van der Waals surface area contributed by atoms with Gasteiger partial charge in [0.05, 0.1) is 19.1 Å². The minimum atomic E-state index is -0.0826. The first-order valence-electron chi connectivity index (χ1n) is 9.42. The zero-order chi connectivity index (χ0) is 19.6. The number of anilines is 1. The summed E-state index contributed by atoms with van der Waals surface area (Å²) < 4.78 is 5.43. The molecule has 0 aliphatic rings. The average Bonchev–Trinajstić information content (AvgIpc) is 2.64. The lowest BCUT2D eigenvalue weighted by molar-refractivity contribution is -0.121. The first-order chi connectivity index (χ1) is 13.0. The predicted octanol–water partition coefficient (Wildman–Crippen LogP) is 4.24. The van der Waals surface area contributed by atoms with E-state index in [9.17, 15) is 9.59 Å². The van der Waals surface area contributed by atoms with Gasteiger partial charge in [-0.25, -0.2) is 0 Å². The molecular formula is C22H28N2O3. The Hall–Kier alpha value is -2.82. The molecule has 2 N–H and O–H groups in total. The van der Waals surface area contributed by atoms with Crippen molar-refractivity contribution in [2.24, 2.45) is 0 Å². The minimum Gasteiger partial charge on any atom is -0.494 e. The maximum Gasteiger partial charge on any atom is 0.224 e. The molecule has 0 unspecified atom stereocenters. The lowest BCUT2D eigenvalue weighted by Gasteiger charge is -2.15. The summed E-state index contributed by atoms with van der Waals surface area (Å²) in [7, 11) is 0. The minimum absolute atomic E-state index is 0.00664. The zero-order valence-electron chi connectivity index (χ0n) is 16.2. The third kappa shape index (κ3) is 6.77. The van der Waals surface area contributed by atoms with Crippen LogP contribution in [0.2, 0.25) is 0 Å². The van der Waals surface area contributed by atoms with Crippen molar-refractivity contribution in [3.63, 3.8) is 0 Å². The second-order valence-electron chi connectivity index (χ2n) is 6.46. The number of carbonyl (C=O) groups is 2. The van der Waals surface area contributed by atoms with E-state index in [0.717, 1.165) is 29.0 Å². The molecule has 0 radical (unpaired) electrons. The monoisotopic (exact) mass is 368 g/mol. The van der Waals surface area contributed by atoms with Crippen LogP contribution in [0.5, 0.6) is 5.75 Å². The highest BCUT2D eigenvalue weighted by Crippen LogP contribution is 2.18. The number of benzene rings is 2. The first kappa shape index (κ1) is 20.5. The summed E-state index contributed by atoms with van der Waals surface area (Å²) in [5.74, 6) is 0.789. The van der Waals surface area contributed by atoms with E-state index < -0.39 is 0 Å². The number of hydrogen-bond acceptors (Lipinski definition) is 3. The lowest BCUT2D eigenvalue weighted by atomic mass is 10.1. The summed E-state index contributed by atoms with van der Waals surface area (Å²) in [5, 5.41) is 5.85. The summed E-state index contributed by atoms with van der Waals surface area (Å²) in [4.78, 5) is 23.9. The maximum absolute atomic E-state index is 12.3. The Bertz CT molecular complexity index is 739. The number of carbonyl (C=O) groups excluding carboxylic acids is 2. The van der Waals surface area contributed by atoms with Gasteiger partial charge in [-0.05, 0) is 55.7 Å². The summed E-state index contributed by atoms with van der Waals surface area (Å²) >= 11 is 0. The Morgan fingerprint density at radius 3 is 2.22 bits per heavy atom. The molecule has 2 aromatic rings. The van der Waals surface area contributed by atoms with Gasteiger partial charge in [0, 0.05) is 12.1 Å². The Balaban J connectivity index is 1.86. The second kappa shape index (κ2) is 10.4. The normalized spacial score (nSPS) is 11.5. The van der Waals surface area contributed by atoms with Gasteiger partial charge in [0.15, 0.2) is 0 Å². The zero-order valence-corrected chi connectivity index (χ0v) is 16.2. The first-order valence-corrected chi connectivity index (χ1v) is 9.42. The van der Waals surface area contributed by atoms with Crippen LogP contribution in [0.4, 0.5) is 5.69 Å². The third-order valence-corrected chi connectivity index (χ3v) is 4.15. The number of amides is 2. The Labute approximate surface area is 161 Å². The highest BCUT2D eigenvalue weighted by molar-refractivity contribution is 5.90. The van der Waals surface area contributed by atoms with E-state index in [1.165, 1.54) is 0 Å². The van der Waals surface area contributed by atoms with Crippen molar-refractivity contribution >= 4 is 17.5 Å². The molecule has 0 saturated heterocycles. The molecule has 2 rings (SSSR count). The van der Waals surface area contributed by atoms with E-state index in [0.29, 0.717) is 19.4 Å². The topological polar surface area (TPSA) is 67.4 Å². The van der Waals surface area contributed by atoms with Crippen LogP contribution in [0, 0.1) is 0 Å². The standard InChI is InChI=1S/C22H28N2O3/c1-4-6-21(25)24-19-11-7-17(8-12-19)15-22(26)23-16(3)18-9-13-20(14-10-18)27-5-2/h7-14,16H,4-6,15H2,1-3H3,(H,23,26)(H,24,25)/t16-/m0/s1. The Kier molecular flexibility index (Phi) is 7.86. The van der Waals surface area contributed by atoms with Crippen molar-refractivity contribution < 1.29 is 14.3 Å². The van der Waals surface area contributed by atoms with Gasteiger partial charge in [-0.2, -0.15) is 0 Å². The van der Waals surface area contributed by atoms with Crippen LogP contribution in [0.3, 0.4) is 0 Å². The molecule has 5 nitrogen and oxygen atoms in total. The van der Waals surface area contributed by atoms with Crippen LogP contribution in [0.15, 0.2) is 48.5 Å². The quantitative estimate of drug-likeness (QED) is 0.695. The lowest BCUT2D eigenvalue weighted by Crippen LogP contribution is -2.28. The molecule has 0 spiro atoms. The SMILES string of the molecule is CCCC(=O)Nc1ccc(CC(=O)N[C@@H](C)c2ccc(OCC)cc2)cc1. The molecule has 27 heavy (non-hydrogen) atoms. The van der Waals surface area contributed by atoms with E-state index in [1.54, 1.807) is 0 Å². The summed E-state index contributed by atoms with van der Waals surface area (Å²) in [6, 6.07) is 15.0. The molecule has 0 aliphatic heterocycles. The van der Waals surface area contributed by atoms with Gasteiger partial charge < -0.3 is 15.4 Å². The van der Waals surface area contributed by atoms with Crippen molar-refractivity contribution in [1.82, 2.24) is 5.32 Å². The third-order valence-electron chi connectivity index (χ3n) is 4.15. The molecule has 5 heteroatoms. The van der Waals surface area contributed by atoms with Gasteiger partial charge in [-0.15, -0.1) is 0 Å². The van der Waals surface area contributed by atoms with Gasteiger partial charge in [0.1, 0.15) is 5.75 Å². The van der Waals surface area contributed by atoms with Gasteiger partial charge in [-0.3, -0.25) is 9.59 Å². The van der Waals surface area contributed by atoms with Crippen LogP contribution < -0.4 is 15.4 Å². The second-order valence-corrected chi connectivity index (χ2v) is 6.46. The summed E-state index contributed by atoms with van der Waals surface area (Å²) in [6.45, 7) is 6.50. The summed E-state index contributed by atoms with van der Waals surface area (Å²) in [5.41, 5.74) is 2.68. The molecular weight excluding hydrogens is 340 g/mol. The molecule has 0 aromatic heterocycles. The highest BCUT2D eigenvalue weighted by atomic mass is 16.5. The molecule has 0 heterocycles. The van der Waals surface area contributed by atoms with Crippen molar-refractivity contribution in [3.8, 4) is 5.75 Å². The molecule has 0 saturated carbocycles. The Morgan fingerprint density at radius 2 is 1.63 bits per heavy atom. The van der Waals surface area contributed by atoms with Crippen molar-refractivity contribution in [2.75, 3.05) is 11.9 Å². The number of ether oxygens (including phenoxy) is 1. The fourth-order valence-corrected chi connectivity index (χ4v) is 2.74. The van der Waals surface area contributed by atoms with Crippen LogP contribution in [-0.2, 0) is 16.0 Å². The van der Waals surface area contributed by atoms with Crippen molar-refractivity contribution in [3.05, 3.63) is 59.7 Å². The number of nitrogens with one attached hydrogen (secondary N) is 2.